The number of thioether (sulfide) groups is 1. The molecule has 0 aliphatic carbocycles. The second kappa shape index (κ2) is 8.50. The van der Waals surface area contributed by atoms with Crippen molar-refractivity contribution in [1.82, 2.24) is 14.7 Å². The second-order valence-electron chi connectivity index (χ2n) is 6.22. The summed E-state index contributed by atoms with van der Waals surface area (Å²) in [6, 6.07) is 17.9. The monoisotopic (exact) mass is 395 g/mol. The number of rotatable bonds is 8. The Morgan fingerprint density at radius 2 is 1.89 bits per heavy atom. The lowest BCUT2D eigenvalue weighted by molar-refractivity contribution is 0.186. The molecule has 0 saturated heterocycles. The Morgan fingerprint density at radius 3 is 2.68 bits per heavy atom. The number of para-hydroxylation sites is 2. The van der Waals surface area contributed by atoms with E-state index in [1.165, 1.54) is 0 Å². The number of imidazole rings is 1. The molecule has 0 atom stereocenters. The minimum absolute atomic E-state index is 0.637. The first-order valence-corrected chi connectivity index (χ1v) is 9.94. The Morgan fingerprint density at radius 1 is 1.07 bits per heavy atom. The standard InChI is InChI=1S/C21H21N3O3S/c1-25-12-11-24-20-6-4-3-5-18(20)22-21(24)28-14-17-13-19(23-27-17)15-7-9-16(26-2)10-8-15/h3-10,13H,11-12,14H2,1-2H3. The number of fused-ring (bicyclic) bond motifs is 1. The predicted octanol–water partition coefficient (Wildman–Crippen LogP) is 4.64. The van der Waals surface area contributed by atoms with Crippen LogP contribution in [-0.4, -0.2) is 35.5 Å². The van der Waals surface area contributed by atoms with Crippen LogP contribution in [0.25, 0.3) is 22.3 Å². The van der Waals surface area contributed by atoms with Crippen LogP contribution in [-0.2, 0) is 17.0 Å². The lowest BCUT2D eigenvalue weighted by atomic mass is 10.1. The Labute approximate surface area is 167 Å². The van der Waals surface area contributed by atoms with Gasteiger partial charge in [0.05, 0.1) is 30.5 Å². The summed E-state index contributed by atoms with van der Waals surface area (Å²) in [4.78, 5) is 4.76. The van der Waals surface area contributed by atoms with Crippen molar-refractivity contribution in [1.29, 1.82) is 0 Å². The van der Waals surface area contributed by atoms with Gasteiger partial charge in [0.15, 0.2) is 5.16 Å². The van der Waals surface area contributed by atoms with Gasteiger partial charge in [-0.3, -0.25) is 0 Å². The first-order valence-electron chi connectivity index (χ1n) is 8.95. The summed E-state index contributed by atoms with van der Waals surface area (Å²) in [5.74, 6) is 2.28. The lowest BCUT2D eigenvalue weighted by Crippen LogP contribution is -2.05. The van der Waals surface area contributed by atoms with E-state index in [0.717, 1.165) is 45.5 Å². The van der Waals surface area contributed by atoms with Crippen molar-refractivity contribution in [3.63, 3.8) is 0 Å². The van der Waals surface area contributed by atoms with E-state index >= 15 is 0 Å². The third-order valence-electron chi connectivity index (χ3n) is 4.43. The fourth-order valence-corrected chi connectivity index (χ4v) is 3.89. The number of ether oxygens (including phenoxy) is 2. The van der Waals surface area contributed by atoms with Crippen LogP contribution in [0.4, 0.5) is 0 Å². The largest absolute Gasteiger partial charge is 0.497 e. The Bertz CT molecular complexity index is 1060. The van der Waals surface area contributed by atoms with Gasteiger partial charge in [-0.15, -0.1) is 0 Å². The highest BCUT2D eigenvalue weighted by molar-refractivity contribution is 7.98. The van der Waals surface area contributed by atoms with Crippen molar-refractivity contribution in [2.24, 2.45) is 0 Å². The quantitative estimate of drug-likeness (QED) is 0.405. The van der Waals surface area contributed by atoms with E-state index in [0.29, 0.717) is 12.4 Å². The SMILES string of the molecule is COCCn1c(SCc2cc(-c3ccc(OC)cc3)no2)nc2ccccc21. The van der Waals surface area contributed by atoms with Gasteiger partial charge in [0.25, 0.3) is 0 Å². The molecule has 0 fully saturated rings. The lowest BCUT2D eigenvalue weighted by Gasteiger charge is -2.07. The molecule has 6 nitrogen and oxygen atoms in total. The van der Waals surface area contributed by atoms with Crippen molar-refractivity contribution in [3.8, 4) is 17.0 Å². The number of benzene rings is 2. The molecule has 2 heterocycles. The molecule has 0 aliphatic heterocycles. The van der Waals surface area contributed by atoms with Gasteiger partial charge in [-0.1, -0.05) is 29.1 Å². The maximum atomic E-state index is 5.53. The number of hydrogen-bond donors (Lipinski definition) is 0. The molecule has 0 saturated carbocycles. The molecule has 4 rings (SSSR count). The van der Waals surface area contributed by atoms with E-state index in [1.807, 2.05) is 48.5 Å². The molecule has 2 aromatic heterocycles. The predicted molar refractivity (Wildman–Crippen MR) is 110 cm³/mol. The summed E-state index contributed by atoms with van der Waals surface area (Å²) in [7, 11) is 3.36. The number of nitrogens with zero attached hydrogens (tertiary/aromatic N) is 3. The van der Waals surface area contributed by atoms with E-state index in [9.17, 15) is 0 Å². The Kier molecular flexibility index (Phi) is 5.64. The molecule has 0 amide bonds. The summed E-state index contributed by atoms with van der Waals surface area (Å²) in [6.45, 7) is 1.39. The van der Waals surface area contributed by atoms with Crippen LogP contribution in [0.3, 0.4) is 0 Å². The maximum absolute atomic E-state index is 5.53. The molecule has 0 aliphatic rings. The van der Waals surface area contributed by atoms with Crippen molar-refractivity contribution in [3.05, 3.63) is 60.4 Å². The van der Waals surface area contributed by atoms with Crippen LogP contribution in [0.5, 0.6) is 5.75 Å². The number of aromatic nitrogens is 3. The molecule has 7 heteroatoms. The topological polar surface area (TPSA) is 62.3 Å². The van der Waals surface area contributed by atoms with Gasteiger partial charge in [0.1, 0.15) is 17.2 Å². The first-order chi connectivity index (χ1) is 13.8. The van der Waals surface area contributed by atoms with Gasteiger partial charge in [-0.05, 0) is 36.4 Å². The molecule has 0 bridgehead atoms. The van der Waals surface area contributed by atoms with Crippen LogP contribution in [0, 0.1) is 0 Å². The van der Waals surface area contributed by atoms with Gasteiger partial charge in [-0.25, -0.2) is 4.98 Å². The molecule has 2 aromatic carbocycles. The maximum Gasteiger partial charge on any atom is 0.169 e. The smallest absolute Gasteiger partial charge is 0.169 e. The molecule has 0 N–H and O–H groups in total. The Hall–Kier alpha value is -2.77. The summed E-state index contributed by atoms with van der Waals surface area (Å²) in [5.41, 5.74) is 3.90. The molecule has 28 heavy (non-hydrogen) atoms. The van der Waals surface area contributed by atoms with E-state index in [1.54, 1.807) is 26.0 Å². The minimum Gasteiger partial charge on any atom is -0.497 e. The van der Waals surface area contributed by atoms with E-state index < -0.39 is 0 Å². The van der Waals surface area contributed by atoms with Gasteiger partial charge >= 0.3 is 0 Å². The highest BCUT2D eigenvalue weighted by Gasteiger charge is 2.13. The fraction of sp³-hybridized carbons (Fsp3) is 0.238. The number of hydrogen-bond acceptors (Lipinski definition) is 6. The first kappa shape index (κ1) is 18.6. The van der Waals surface area contributed by atoms with E-state index in [-0.39, 0.29) is 0 Å². The highest BCUT2D eigenvalue weighted by Crippen LogP contribution is 2.29. The van der Waals surface area contributed by atoms with E-state index in [4.69, 9.17) is 19.0 Å². The third kappa shape index (κ3) is 3.90. The summed E-state index contributed by atoms with van der Waals surface area (Å²) >= 11 is 1.63. The average molecular weight is 395 g/mol. The minimum atomic E-state index is 0.637. The van der Waals surface area contributed by atoms with Gasteiger partial charge in [0, 0.05) is 25.3 Å². The molecular formula is C21H21N3O3S. The van der Waals surface area contributed by atoms with Gasteiger partial charge in [-0.2, -0.15) is 0 Å². The molecule has 0 radical (unpaired) electrons. The molecule has 144 valence electrons. The highest BCUT2D eigenvalue weighted by atomic mass is 32.2. The second-order valence-corrected chi connectivity index (χ2v) is 7.17. The van der Waals surface area contributed by atoms with Crippen LogP contribution in [0.15, 0.2) is 64.3 Å². The Balaban J connectivity index is 1.51. The zero-order valence-electron chi connectivity index (χ0n) is 15.8. The summed E-state index contributed by atoms with van der Waals surface area (Å²) in [6.07, 6.45) is 0. The summed E-state index contributed by atoms with van der Waals surface area (Å²) < 4.78 is 18.2. The van der Waals surface area contributed by atoms with Crippen molar-refractivity contribution < 1.29 is 14.0 Å². The zero-order chi connectivity index (χ0) is 19.3. The van der Waals surface area contributed by atoms with Crippen LogP contribution in [0.2, 0.25) is 0 Å². The van der Waals surface area contributed by atoms with Gasteiger partial charge < -0.3 is 18.6 Å². The fourth-order valence-electron chi connectivity index (χ4n) is 2.98. The zero-order valence-corrected chi connectivity index (χ0v) is 16.6. The molecule has 4 aromatic rings. The van der Waals surface area contributed by atoms with E-state index in [2.05, 4.69) is 15.8 Å². The van der Waals surface area contributed by atoms with Crippen LogP contribution < -0.4 is 4.74 Å². The van der Waals surface area contributed by atoms with Crippen LogP contribution in [0.1, 0.15) is 5.76 Å². The van der Waals surface area contributed by atoms with Crippen molar-refractivity contribution >= 4 is 22.8 Å². The molecule has 0 spiro atoms. The number of methoxy groups -OCH3 is 2. The summed E-state index contributed by atoms with van der Waals surface area (Å²) in [5, 5.41) is 5.14. The van der Waals surface area contributed by atoms with Crippen molar-refractivity contribution in [2.75, 3.05) is 20.8 Å². The van der Waals surface area contributed by atoms with Crippen LogP contribution >= 0.6 is 11.8 Å². The van der Waals surface area contributed by atoms with Gasteiger partial charge in [0.2, 0.25) is 0 Å². The third-order valence-corrected chi connectivity index (χ3v) is 5.43. The average Bonchev–Trinajstić information content (AvgIpc) is 3.35. The molecular weight excluding hydrogens is 374 g/mol. The molecule has 0 unspecified atom stereocenters. The van der Waals surface area contributed by atoms with Crippen molar-refractivity contribution in [2.45, 2.75) is 17.5 Å². The normalized spacial score (nSPS) is 11.2.